The Balaban J connectivity index is 2.00. The molecule has 0 spiro atoms. The molecule has 1 aromatic carbocycles. The van der Waals surface area contributed by atoms with Crippen molar-refractivity contribution in [1.29, 1.82) is 0 Å². The lowest BCUT2D eigenvalue weighted by molar-refractivity contribution is -0.0858. The van der Waals surface area contributed by atoms with Crippen molar-refractivity contribution in [2.75, 3.05) is 19.8 Å². The van der Waals surface area contributed by atoms with Crippen LogP contribution in [0.15, 0.2) is 30.3 Å². The van der Waals surface area contributed by atoms with Gasteiger partial charge < -0.3 is 9.84 Å². The number of aliphatic hydroxyl groups excluding tert-OH is 1. The van der Waals surface area contributed by atoms with Gasteiger partial charge in [0.1, 0.15) is 0 Å². The normalized spacial score (nSPS) is 26.0. The number of hydrogen-bond acceptors (Lipinski definition) is 3. The van der Waals surface area contributed by atoms with Gasteiger partial charge in [-0.2, -0.15) is 0 Å². The molecule has 0 aliphatic carbocycles. The summed E-state index contributed by atoms with van der Waals surface area (Å²) in [6.45, 7) is 4.80. The van der Waals surface area contributed by atoms with Crippen LogP contribution in [0, 0.1) is 0 Å². The number of aliphatic hydroxyl groups is 1. The number of ether oxygens (including phenoxy) is 1. The molecule has 1 N–H and O–H groups in total. The second-order valence-corrected chi connectivity index (χ2v) is 4.62. The van der Waals surface area contributed by atoms with Crippen molar-refractivity contribution >= 4 is 0 Å². The van der Waals surface area contributed by atoms with Crippen LogP contribution in [0.4, 0.5) is 0 Å². The summed E-state index contributed by atoms with van der Waals surface area (Å²) in [7, 11) is 0. The lowest BCUT2D eigenvalue weighted by atomic mass is 10.1. The van der Waals surface area contributed by atoms with E-state index in [4.69, 9.17) is 4.74 Å². The maximum absolute atomic E-state index is 9.18. The smallest absolute Gasteiger partial charge is 0.0933 e. The third-order valence-corrected chi connectivity index (χ3v) is 3.38. The maximum atomic E-state index is 9.18. The quantitative estimate of drug-likeness (QED) is 0.861. The van der Waals surface area contributed by atoms with E-state index in [2.05, 4.69) is 36.1 Å². The molecule has 0 saturated carbocycles. The summed E-state index contributed by atoms with van der Waals surface area (Å²) in [4.78, 5) is 2.42. The van der Waals surface area contributed by atoms with Gasteiger partial charge >= 0.3 is 0 Å². The summed E-state index contributed by atoms with van der Waals surface area (Å²) < 4.78 is 5.61. The van der Waals surface area contributed by atoms with Crippen molar-refractivity contribution in [3.63, 3.8) is 0 Å². The predicted molar refractivity (Wildman–Crippen MR) is 67.8 cm³/mol. The molecule has 17 heavy (non-hydrogen) atoms. The first-order valence-corrected chi connectivity index (χ1v) is 6.34. The molecule has 0 radical (unpaired) electrons. The highest BCUT2D eigenvalue weighted by molar-refractivity contribution is 5.14. The fourth-order valence-electron chi connectivity index (χ4n) is 2.31. The molecule has 2 rings (SSSR count). The second-order valence-electron chi connectivity index (χ2n) is 4.62. The van der Waals surface area contributed by atoms with Gasteiger partial charge in [0.15, 0.2) is 0 Å². The van der Waals surface area contributed by atoms with Crippen molar-refractivity contribution in [1.82, 2.24) is 4.90 Å². The van der Waals surface area contributed by atoms with E-state index in [1.165, 1.54) is 5.56 Å². The summed E-state index contributed by atoms with van der Waals surface area (Å²) in [5, 5.41) is 9.18. The summed E-state index contributed by atoms with van der Waals surface area (Å²) in [5.74, 6) is 0. The van der Waals surface area contributed by atoms with Gasteiger partial charge in [0.2, 0.25) is 0 Å². The van der Waals surface area contributed by atoms with Crippen LogP contribution in [-0.2, 0) is 11.3 Å². The molecule has 1 fully saturated rings. The van der Waals surface area contributed by atoms with E-state index in [1.54, 1.807) is 0 Å². The second kappa shape index (κ2) is 6.15. The van der Waals surface area contributed by atoms with E-state index in [9.17, 15) is 5.11 Å². The predicted octanol–water partition coefficient (Wildman–Crippen LogP) is 1.66. The number of hydrogen-bond donors (Lipinski definition) is 1. The number of morpholine rings is 1. The Morgan fingerprint density at radius 1 is 1.35 bits per heavy atom. The maximum Gasteiger partial charge on any atom is 0.0933 e. The minimum Gasteiger partial charge on any atom is -0.394 e. The molecule has 0 amide bonds. The van der Waals surface area contributed by atoms with Crippen LogP contribution in [0.25, 0.3) is 0 Å². The summed E-state index contributed by atoms with van der Waals surface area (Å²) in [6.07, 6.45) is 1.06. The van der Waals surface area contributed by atoms with Crippen molar-refractivity contribution in [3.8, 4) is 0 Å². The van der Waals surface area contributed by atoms with Crippen LogP contribution < -0.4 is 0 Å². The molecule has 0 bridgehead atoms. The van der Waals surface area contributed by atoms with E-state index in [0.29, 0.717) is 6.04 Å². The van der Waals surface area contributed by atoms with Gasteiger partial charge in [-0.25, -0.2) is 0 Å². The number of benzene rings is 1. The molecule has 2 unspecified atom stereocenters. The van der Waals surface area contributed by atoms with E-state index in [0.717, 1.165) is 26.1 Å². The van der Waals surface area contributed by atoms with Crippen molar-refractivity contribution in [3.05, 3.63) is 35.9 Å². The first-order chi connectivity index (χ1) is 8.33. The standard InChI is InChI=1S/C14H21NO2/c1-2-13-11-17-14(10-16)9-15(13)8-12-6-4-3-5-7-12/h3-7,13-14,16H,2,8-11H2,1H3. The average molecular weight is 235 g/mol. The van der Waals surface area contributed by atoms with Crippen molar-refractivity contribution in [2.45, 2.75) is 32.0 Å². The molecule has 1 heterocycles. The fourth-order valence-corrected chi connectivity index (χ4v) is 2.31. The highest BCUT2D eigenvalue weighted by Gasteiger charge is 2.27. The van der Waals surface area contributed by atoms with E-state index in [-0.39, 0.29) is 12.7 Å². The minimum atomic E-state index is -0.0264. The zero-order valence-corrected chi connectivity index (χ0v) is 10.4. The summed E-state index contributed by atoms with van der Waals surface area (Å²) in [6, 6.07) is 10.9. The Labute approximate surface area is 103 Å². The van der Waals surface area contributed by atoms with Crippen LogP contribution in [-0.4, -0.2) is 41.9 Å². The Bertz CT molecular complexity index is 328. The van der Waals surface area contributed by atoms with Crippen LogP contribution in [0.2, 0.25) is 0 Å². The van der Waals surface area contributed by atoms with Crippen molar-refractivity contribution in [2.24, 2.45) is 0 Å². The molecule has 1 aliphatic rings. The Kier molecular flexibility index (Phi) is 4.54. The number of rotatable bonds is 4. The molecule has 3 nitrogen and oxygen atoms in total. The third kappa shape index (κ3) is 3.28. The van der Waals surface area contributed by atoms with Crippen LogP contribution >= 0.6 is 0 Å². The first-order valence-electron chi connectivity index (χ1n) is 6.34. The Hall–Kier alpha value is -0.900. The molecular weight excluding hydrogens is 214 g/mol. The molecule has 1 aromatic rings. The van der Waals surface area contributed by atoms with Crippen LogP contribution in [0.1, 0.15) is 18.9 Å². The van der Waals surface area contributed by atoms with Gasteiger partial charge in [-0.3, -0.25) is 4.90 Å². The van der Waals surface area contributed by atoms with Gasteiger partial charge in [-0.05, 0) is 12.0 Å². The van der Waals surface area contributed by atoms with Gasteiger partial charge in [-0.15, -0.1) is 0 Å². The van der Waals surface area contributed by atoms with E-state index < -0.39 is 0 Å². The lowest BCUT2D eigenvalue weighted by Gasteiger charge is -2.38. The molecule has 2 atom stereocenters. The highest BCUT2D eigenvalue weighted by Crippen LogP contribution is 2.17. The molecule has 3 heteroatoms. The Morgan fingerprint density at radius 2 is 2.12 bits per heavy atom. The van der Waals surface area contributed by atoms with Gasteiger partial charge in [0, 0.05) is 19.1 Å². The molecule has 94 valence electrons. The number of nitrogens with zero attached hydrogens (tertiary/aromatic N) is 1. The molecular formula is C14H21NO2. The van der Waals surface area contributed by atoms with Crippen LogP contribution in [0.5, 0.6) is 0 Å². The average Bonchev–Trinajstić information content (AvgIpc) is 2.40. The highest BCUT2D eigenvalue weighted by atomic mass is 16.5. The van der Waals surface area contributed by atoms with Gasteiger partial charge in [-0.1, -0.05) is 37.3 Å². The van der Waals surface area contributed by atoms with Gasteiger partial charge in [0.25, 0.3) is 0 Å². The van der Waals surface area contributed by atoms with E-state index >= 15 is 0 Å². The van der Waals surface area contributed by atoms with E-state index in [1.807, 2.05) is 6.07 Å². The monoisotopic (exact) mass is 235 g/mol. The van der Waals surface area contributed by atoms with Crippen LogP contribution in [0.3, 0.4) is 0 Å². The largest absolute Gasteiger partial charge is 0.394 e. The zero-order valence-electron chi connectivity index (χ0n) is 10.4. The summed E-state index contributed by atoms with van der Waals surface area (Å²) >= 11 is 0. The lowest BCUT2D eigenvalue weighted by Crippen LogP contribution is -2.49. The minimum absolute atomic E-state index is 0.0264. The summed E-state index contributed by atoms with van der Waals surface area (Å²) in [5.41, 5.74) is 1.32. The molecule has 0 aromatic heterocycles. The molecule has 1 aliphatic heterocycles. The first kappa shape index (κ1) is 12.6. The topological polar surface area (TPSA) is 32.7 Å². The zero-order chi connectivity index (χ0) is 12.1. The third-order valence-electron chi connectivity index (χ3n) is 3.38. The SMILES string of the molecule is CCC1COC(CO)CN1Cc1ccccc1. The molecule has 1 saturated heterocycles. The Morgan fingerprint density at radius 3 is 2.76 bits per heavy atom. The van der Waals surface area contributed by atoms with Gasteiger partial charge in [0.05, 0.1) is 19.3 Å². The fraction of sp³-hybridized carbons (Fsp3) is 0.571. The van der Waals surface area contributed by atoms with Crippen molar-refractivity contribution < 1.29 is 9.84 Å².